The number of hydrogen-bond acceptors (Lipinski definition) is 7. The number of carbonyl (C=O) groups is 4. The third-order valence-corrected chi connectivity index (χ3v) is 5.91. The smallest absolute Gasteiger partial charge is 0.373 e. The highest BCUT2D eigenvalue weighted by atomic mass is 79.9. The molecule has 0 bridgehead atoms. The molecule has 0 unspecified atom stereocenters. The van der Waals surface area contributed by atoms with Gasteiger partial charge in [-0.3, -0.25) is 14.5 Å². The normalized spacial score (nSPS) is 14.0. The highest BCUT2D eigenvalue weighted by Gasteiger charge is 2.34. The number of imide groups is 1. The highest BCUT2D eigenvalue weighted by Crippen LogP contribution is 2.28. The van der Waals surface area contributed by atoms with E-state index in [1.807, 2.05) is 31.2 Å². The molecule has 2 heterocycles. The number of aryl methyl sites for hydroxylation is 1. The zero-order valence-electron chi connectivity index (χ0n) is 19.9. The number of halogens is 1. The number of rotatable bonds is 8. The number of nitrogens with zero attached hydrogens (tertiary/aromatic N) is 1. The van der Waals surface area contributed by atoms with Gasteiger partial charge in [-0.1, -0.05) is 23.8 Å². The molecule has 1 aliphatic heterocycles. The molecule has 2 N–H and O–H groups in total. The fraction of sp³-hybridized carbons (Fsp3) is 0.154. The quantitative estimate of drug-likeness (QED) is 0.236. The van der Waals surface area contributed by atoms with Crippen LogP contribution in [-0.4, -0.2) is 42.4 Å². The van der Waals surface area contributed by atoms with Crippen LogP contribution in [0.1, 0.15) is 27.4 Å². The summed E-state index contributed by atoms with van der Waals surface area (Å²) in [5, 5.41) is 5.29. The van der Waals surface area contributed by atoms with Gasteiger partial charge in [0.15, 0.2) is 6.61 Å². The van der Waals surface area contributed by atoms with Gasteiger partial charge >= 0.3 is 12.0 Å². The molecule has 37 heavy (non-hydrogen) atoms. The summed E-state index contributed by atoms with van der Waals surface area (Å²) in [6.07, 6.45) is 1.51. The second-order valence-corrected chi connectivity index (χ2v) is 8.88. The van der Waals surface area contributed by atoms with E-state index in [9.17, 15) is 19.2 Å². The first-order chi connectivity index (χ1) is 17.7. The number of methoxy groups -OCH3 is 1. The van der Waals surface area contributed by atoms with Gasteiger partial charge in [-0.2, -0.15) is 0 Å². The Morgan fingerprint density at radius 3 is 2.57 bits per heavy atom. The number of ether oxygens (including phenoxy) is 2. The molecule has 4 amide bonds. The molecule has 190 valence electrons. The predicted octanol–water partition coefficient (Wildman–Crippen LogP) is 4.25. The maximum Gasteiger partial charge on any atom is 0.373 e. The van der Waals surface area contributed by atoms with Crippen molar-refractivity contribution in [1.29, 1.82) is 0 Å². The number of urea groups is 1. The molecule has 0 atom stereocenters. The molecule has 2 aromatic carbocycles. The van der Waals surface area contributed by atoms with Crippen molar-refractivity contribution in [3.8, 4) is 5.75 Å². The van der Waals surface area contributed by atoms with Crippen molar-refractivity contribution in [2.24, 2.45) is 0 Å². The Morgan fingerprint density at radius 1 is 1.11 bits per heavy atom. The molecular formula is C26H22BrN3O7. The van der Waals surface area contributed by atoms with Crippen LogP contribution in [0.25, 0.3) is 6.08 Å². The Bertz CT molecular complexity index is 1400. The Labute approximate surface area is 220 Å². The van der Waals surface area contributed by atoms with Gasteiger partial charge in [0.2, 0.25) is 5.76 Å². The number of anilines is 1. The second-order valence-electron chi connectivity index (χ2n) is 8.03. The zero-order valence-corrected chi connectivity index (χ0v) is 21.5. The molecule has 4 rings (SSSR count). The molecule has 0 aliphatic carbocycles. The van der Waals surface area contributed by atoms with E-state index in [4.69, 9.17) is 9.15 Å². The third-order valence-electron chi connectivity index (χ3n) is 5.29. The van der Waals surface area contributed by atoms with E-state index in [1.165, 1.54) is 25.3 Å². The monoisotopic (exact) mass is 567 g/mol. The van der Waals surface area contributed by atoms with E-state index < -0.39 is 17.9 Å². The van der Waals surface area contributed by atoms with Crippen molar-refractivity contribution in [3.05, 3.63) is 87.4 Å². The lowest BCUT2D eigenvalue weighted by Crippen LogP contribution is -2.30. The summed E-state index contributed by atoms with van der Waals surface area (Å²) in [6, 6.07) is 14.7. The van der Waals surface area contributed by atoms with E-state index in [0.29, 0.717) is 21.5 Å². The summed E-state index contributed by atoms with van der Waals surface area (Å²) in [4.78, 5) is 49.8. The zero-order chi connectivity index (χ0) is 26.5. The molecule has 1 saturated heterocycles. The van der Waals surface area contributed by atoms with Crippen molar-refractivity contribution in [2.75, 3.05) is 19.0 Å². The number of furan rings is 1. The Hall–Kier alpha value is -4.38. The van der Waals surface area contributed by atoms with Gasteiger partial charge in [0.25, 0.3) is 11.8 Å². The van der Waals surface area contributed by atoms with E-state index in [2.05, 4.69) is 31.3 Å². The molecule has 0 saturated carbocycles. The van der Waals surface area contributed by atoms with Crippen LogP contribution in [0.15, 0.2) is 69.2 Å². The number of hydrogen-bond donors (Lipinski definition) is 2. The van der Waals surface area contributed by atoms with Gasteiger partial charge in [0.1, 0.15) is 17.2 Å². The van der Waals surface area contributed by atoms with Crippen molar-refractivity contribution in [1.82, 2.24) is 10.2 Å². The molecule has 10 nitrogen and oxygen atoms in total. The lowest BCUT2D eigenvalue weighted by molar-refractivity contribution is -0.123. The van der Waals surface area contributed by atoms with Crippen molar-refractivity contribution in [2.45, 2.75) is 13.5 Å². The van der Waals surface area contributed by atoms with E-state index >= 15 is 0 Å². The second kappa shape index (κ2) is 11.1. The maximum absolute atomic E-state index is 12.8. The number of esters is 1. The largest absolute Gasteiger partial charge is 0.483 e. The summed E-state index contributed by atoms with van der Waals surface area (Å²) in [6.45, 7) is 1.61. The molecule has 1 aromatic heterocycles. The molecule has 3 aromatic rings. The lowest BCUT2D eigenvalue weighted by Gasteiger charge is -2.10. The van der Waals surface area contributed by atoms with Crippen LogP contribution >= 0.6 is 15.9 Å². The van der Waals surface area contributed by atoms with Crippen LogP contribution in [-0.2, 0) is 20.9 Å². The first-order valence-electron chi connectivity index (χ1n) is 11.0. The molecule has 1 aliphatic rings. The van der Waals surface area contributed by atoms with E-state index in [-0.39, 0.29) is 36.3 Å². The van der Waals surface area contributed by atoms with Crippen LogP contribution in [0.3, 0.4) is 0 Å². The van der Waals surface area contributed by atoms with Crippen LogP contribution in [0.2, 0.25) is 0 Å². The number of amides is 4. The van der Waals surface area contributed by atoms with Gasteiger partial charge in [0.05, 0.1) is 18.1 Å². The van der Waals surface area contributed by atoms with Crippen LogP contribution in [0.4, 0.5) is 10.5 Å². The minimum atomic E-state index is -0.658. The van der Waals surface area contributed by atoms with E-state index in [0.717, 1.165) is 10.5 Å². The minimum absolute atomic E-state index is 0.0277. The summed E-state index contributed by atoms with van der Waals surface area (Å²) >= 11 is 3.41. The Morgan fingerprint density at radius 2 is 1.86 bits per heavy atom. The standard InChI is InChI=1S/C26H22BrN3O7/c1-15-3-6-17(7-4-15)28-23(31)14-36-21-9-5-16(11-19(21)27)12-20-24(32)30(26(34)29-20)13-18-8-10-22(37-18)25(33)35-2/h3-12H,13-14H2,1-2H3,(H,28,31)(H,29,34)/b20-12-. The molecule has 0 spiro atoms. The fourth-order valence-corrected chi connectivity index (χ4v) is 3.92. The SMILES string of the molecule is COC(=O)c1ccc(CN2C(=O)N/C(=C\c3ccc(OCC(=O)Nc4ccc(C)cc4)c(Br)c3)C2=O)o1. The van der Waals surface area contributed by atoms with Gasteiger partial charge in [0, 0.05) is 5.69 Å². The summed E-state index contributed by atoms with van der Waals surface area (Å²) in [5.74, 6) is -0.861. The number of nitrogens with one attached hydrogen (secondary N) is 2. The van der Waals surface area contributed by atoms with Crippen molar-refractivity contribution >= 4 is 51.5 Å². The van der Waals surface area contributed by atoms with E-state index in [1.54, 1.807) is 18.2 Å². The molecule has 0 radical (unpaired) electrons. The fourth-order valence-electron chi connectivity index (χ4n) is 3.41. The van der Waals surface area contributed by atoms with Gasteiger partial charge < -0.3 is 24.5 Å². The summed E-state index contributed by atoms with van der Waals surface area (Å²) < 4.78 is 16.1. The Balaban J connectivity index is 1.37. The average Bonchev–Trinajstić information content (AvgIpc) is 3.45. The summed E-state index contributed by atoms with van der Waals surface area (Å²) in [5.41, 5.74) is 2.45. The van der Waals surface area contributed by atoms with Crippen LogP contribution < -0.4 is 15.4 Å². The lowest BCUT2D eigenvalue weighted by atomic mass is 10.2. The number of benzene rings is 2. The molecule has 11 heteroatoms. The topological polar surface area (TPSA) is 127 Å². The first kappa shape index (κ1) is 25.7. The summed E-state index contributed by atoms with van der Waals surface area (Å²) in [7, 11) is 1.22. The van der Waals surface area contributed by atoms with Crippen LogP contribution in [0.5, 0.6) is 5.75 Å². The Kier molecular flexibility index (Phi) is 7.73. The number of carbonyl (C=O) groups excluding carboxylic acids is 4. The predicted molar refractivity (Wildman–Crippen MR) is 137 cm³/mol. The third kappa shape index (κ3) is 6.25. The minimum Gasteiger partial charge on any atom is -0.483 e. The van der Waals surface area contributed by atoms with Gasteiger partial charge in [-0.05, 0) is 70.9 Å². The van der Waals surface area contributed by atoms with Crippen molar-refractivity contribution < 1.29 is 33.1 Å². The average molecular weight is 568 g/mol. The van der Waals surface area contributed by atoms with Crippen molar-refractivity contribution in [3.63, 3.8) is 0 Å². The molecule has 1 fully saturated rings. The molecular weight excluding hydrogens is 546 g/mol. The maximum atomic E-state index is 12.8. The van der Waals surface area contributed by atoms with Gasteiger partial charge in [-0.15, -0.1) is 0 Å². The van der Waals surface area contributed by atoms with Gasteiger partial charge in [-0.25, -0.2) is 9.59 Å². The highest BCUT2D eigenvalue weighted by molar-refractivity contribution is 9.10. The van der Waals surface area contributed by atoms with Crippen LogP contribution in [0, 0.1) is 6.92 Å². The first-order valence-corrected chi connectivity index (χ1v) is 11.8.